The Morgan fingerprint density at radius 3 is 1.82 bits per heavy atom. The van der Waals surface area contributed by atoms with Gasteiger partial charge in [0.1, 0.15) is 0 Å². The summed E-state index contributed by atoms with van der Waals surface area (Å²) in [4.78, 5) is 0. The second-order valence-corrected chi connectivity index (χ2v) is 2.59. The Labute approximate surface area is 88.9 Å². The highest BCUT2D eigenvalue weighted by Gasteiger charge is 2.49. The lowest BCUT2D eigenvalue weighted by Gasteiger charge is -2.54. The molecule has 4 bridgehead atoms. The van der Waals surface area contributed by atoms with Crippen molar-refractivity contribution in [3.63, 3.8) is 0 Å². The molecule has 1 N–H and O–H groups in total. The van der Waals surface area contributed by atoms with Gasteiger partial charge in [-0.15, -0.1) is 0 Å². The van der Waals surface area contributed by atoms with Crippen molar-refractivity contribution in [2.24, 2.45) is 17.7 Å². The summed E-state index contributed by atoms with van der Waals surface area (Å²) in [6.07, 6.45) is -23.5. The summed E-state index contributed by atoms with van der Waals surface area (Å²) in [5.41, 5.74) is -4.04. The molecule has 4 aliphatic carbocycles. The standard InChI is InChI=1S/C10H16O/c11-10-4-7-1-8(5-10)3-9(2-7)6-10/h7-9,11H,1-6H2/i1D2,2D2,3D2,4D2,5D2,6D2,7D,8D,9D. The fourth-order valence-corrected chi connectivity index (χ4v) is 1.29. The first kappa shape index (κ1) is 1.39. The molecule has 0 spiro atoms. The van der Waals surface area contributed by atoms with Crippen LogP contribution in [0.25, 0.3) is 0 Å². The molecule has 0 aliphatic heterocycles. The SMILES string of the molecule is [2H]C1([2H])C2([2H])C([2H])([2H])C3([2H])C([2H])([2H])C1([2H])C([2H])([2H])C(O)(C2([2H])[2H])C3([2H])[2H]. The molecule has 0 radical (unpaired) electrons. The maximum absolute atomic E-state index is 10.9. The van der Waals surface area contributed by atoms with Gasteiger partial charge in [0.05, 0.1) is 5.60 Å². The summed E-state index contributed by atoms with van der Waals surface area (Å²) in [6.45, 7) is 0. The highest BCUT2D eigenvalue weighted by molar-refractivity contribution is 5.01. The molecular formula is C10H16O. The first-order valence-electron chi connectivity index (χ1n) is 10.7. The highest BCUT2D eigenvalue weighted by atomic mass is 16.3. The second kappa shape index (κ2) is 1.82. The Bertz CT molecular complexity index is 512. The van der Waals surface area contributed by atoms with Gasteiger partial charge < -0.3 is 5.11 Å². The monoisotopic (exact) mass is 167 g/mol. The van der Waals surface area contributed by atoms with Crippen LogP contribution in [0.3, 0.4) is 0 Å². The van der Waals surface area contributed by atoms with Gasteiger partial charge in [-0.2, -0.15) is 0 Å². The maximum atomic E-state index is 10.9. The Morgan fingerprint density at radius 1 is 1.09 bits per heavy atom. The minimum atomic E-state index is -4.04. The molecular weight excluding hydrogens is 136 g/mol. The predicted molar refractivity (Wildman–Crippen MR) is 43.1 cm³/mol. The van der Waals surface area contributed by atoms with E-state index < -0.39 is 61.5 Å². The lowest BCUT2D eigenvalue weighted by Crippen LogP contribution is -2.50. The van der Waals surface area contributed by atoms with Crippen LogP contribution in [-0.4, -0.2) is 10.7 Å². The molecule has 4 rings (SSSR count). The van der Waals surface area contributed by atoms with Gasteiger partial charge in [-0.25, -0.2) is 0 Å². The van der Waals surface area contributed by atoms with Crippen LogP contribution in [0, 0.1) is 17.7 Å². The Hall–Kier alpha value is -0.0400. The average molecular weight is 167 g/mol. The summed E-state index contributed by atoms with van der Waals surface area (Å²) >= 11 is 0. The fraction of sp³-hybridized carbons (Fsp3) is 1.00. The zero-order valence-corrected chi connectivity index (χ0v) is 5.45. The number of rotatable bonds is 0. The molecule has 0 saturated heterocycles. The molecule has 4 saturated carbocycles. The lowest BCUT2D eigenvalue weighted by molar-refractivity contribution is -0.124. The summed E-state index contributed by atoms with van der Waals surface area (Å²) in [5, 5.41) is 10.9. The van der Waals surface area contributed by atoms with Crippen LogP contribution in [0.4, 0.5) is 0 Å². The van der Waals surface area contributed by atoms with Crippen LogP contribution in [-0.2, 0) is 0 Å². The van der Waals surface area contributed by atoms with Gasteiger partial charge >= 0.3 is 0 Å². The molecule has 4 fully saturated rings. The van der Waals surface area contributed by atoms with E-state index in [0.29, 0.717) is 0 Å². The third kappa shape index (κ3) is 0.868. The van der Waals surface area contributed by atoms with Crippen LogP contribution in [0.15, 0.2) is 0 Å². The van der Waals surface area contributed by atoms with Crippen molar-refractivity contribution in [2.45, 2.75) is 43.8 Å². The van der Waals surface area contributed by atoms with Gasteiger partial charge in [0.2, 0.25) is 0 Å². The zero-order chi connectivity index (χ0) is 21.0. The number of hydrogen-bond acceptors (Lipinski definition) is 1. The second-order valence-electron chi connectivity index (χ2n) is 2.59. The Balaban J connectivity index is 2.71. The Kier molecular flexibility index (Phi) is 0.230. The molecule has 0 aromatic heterocycles. The van der Waals surface area contributed by atoms with Gasteiger partial charge in [0.25, 0.3) is 0 Å². The van der Waals surface area contributed by atoms with Crippen LogP contribution in [0.2, 0.25) is 0 Å². The van der Waals surface area contributed by atoms with Crippen LogP contribution < -0.4 is 0 Å². The van der Waals surface area contributed by atoms with Crippen molar-refractivity contribution in [3.8, 4) is 0 Å². The number of hydrogen-bond donors (Lipinski definition) is 1. The predicted octanol–water partition coefficient (Wildman–Crippen LogP) is 1.95. The summed E-state index contributed by atoms with van der Waals surface area (Å²) < 4.78 is 122. The largest absolute Gasteiger partial charge is 0.390 e. The van der Waals surface area contributed by atoms with Gasteiger partial charge in [-0.3, -0.25) is 0 Å². The van der Waals surface area contributed by atoms with E-state index in [9.17, 15) is 5.11 Å². The van der Waals surface area contributed by atoms with Crippen LogP contribution >= 0.6 is 0 Å². The fourth-order valence-electron chi connectivity index (χ4n) is 1.29. The van der Waals surface area contributed by atoms with Gasteiger partial charge in [-0.1, -0.05) is 0 Å². The molecule has 0 aromatic rings. The van der Waals surface area contributed by atoms with Crippen molar-refractivity contribution >= 4 is 0 Å². The molecule has 0 amide bonds. The zero-order valence-electron chi connectivity index (χ0n) is 20.4. The average Bonchev–Trinajstić information content (AvgIpc) is 2.46. The number of aliphatic hydroxyl groups is 1. The normalized spacial score (nSPS) is 128. The molecule has 0 aromatic carbocycles. The molecule has 62 valence electrons. The maximum Gasteiger partial charge on any atom is 0.0655 e. The molecule has 0 unspecified atom stereocenters. The van der Waals surface area contributed by atoms with E-state index in [1.54, 1.807) is 0 Å². The van der Waals surface area contributed by atoms with Crippen molar-refractivity contribution in [1.29, 1.82) is 0 Å². The van der Waals surface area contributed by atoms with Crippen molar-refractivity contribution in [3.05, 3.63) is 0 Å². The highest BCUT2D eigenvalue weighted by Crippen LogP contribution is 2.55. The van der Waals surface area contributed by atoms with Gasteiger partial charge in [0.15, 0.2) is 0 Å². The third-order valence-electron chi connectivity index (χ3n) is 1.67. The first-order valence-corrected chi connectivity index (χ1v) is 3.22. The summed E-state index contributed by atoms with van der Waals surface area (Å²) in [6, 6.07) is 0. The van der Waals surface area contributed by atoms with E-state index in [0.717, 1.165) is 0 Å². The van der Waals surface area contributed by atoms with Gasteiger partial charge in [0, 0.05) is 20.6 Å². The van der Waals surface area contributed by atoms with Crippen LogP contribution in [0.5, 0.6) is 0 Å². The molecule has 11 heavy (non-hydrogen) atoms. The summed E-state index contributed by atoms with van der Waals surface area (Å²) in [7, 11) is 0. The van der Waals surface area contributed by atoms with E-state index in [1.807, 2.05) is 0 Å². The topological polar surface area (TPSA) is 20.2 Å². The van der Waals surface area contributed by atoms with Crippen LogP contribution in [0.1, 0.15) is 58.8 Å². The molecule has 0 heterocycles. The summed E-state index contributed by atoms with van der Waals surface area (Å²) in [5.74, 6) is -11.6. The Morgan fingerprint density at radius 2 is 1.45 bits per heavy atom. The lowest BCUT2D eigenvalue weighted by atomic mass is 9.54. The van der Waals surface area contributed by atoms with E-state index in [4.69, 9.17) is 20.6 Å². The van der Waals surface area contributed by atoms with Gasteiger partial charge in [-0.05, 0) is 55.9 Å². The molecule has 0 atom stereocenters. The first-order chi connectivity index (χ1) is 11.0. The quantitative estimate of drug-likeness (QED) is 0.584. The third-order valence-corrected chi connectivity index (χ3v) is 1.67. The molecule has 1 nitrogen and oxygen atoms in total. The minimum Gasteiger partial charge on any atom is -0.390 e. The minimum absolute atomic E-state index is 3.85. The van der Waals surface area contributed by atoms with E-state index in [1.165, 1.54) is 0 Å². The molecule has 4 aliphatic rings. The van der Waals surface area contributed by atoms with E-state index in [2.05, 4.69) is 0 Å². The van der Waals surface area contributed by atoms with Crippen molar-refractivity contribution in [1.82, 2.24) is 0 Å². The smallest absolute Gasteiger partial charge is 0.0655 e. The van der Waals surface area contributed by atoms with Crippen molar-refractivity contribution < 1.29 is 25.7 Å². The molecule has 1 heteroatoms. The van der Waals surface area contributed by atoms with E-state index in [-0.39, 0.29) is 0 Å². The van der Waals surface area contributed by atoms with Crippen molar-refractivity contribution in [2.75, 3.05) is 0 Å². The van der Waals surface area contributed by atoms with E-state index >= 15 is 0 Å².